The number of benzene rings is 1. The van der Waals surface area contributed by atoms with Crippen molar-refractivity contribution in [2.24, 2.45) is 0 Å². The van der Waals surface area contributed by atoms with Gasteiger partial charge in [0.2, 0.25) is 0 Å². The first-order valence-electron chi connectivity index (χ1n) is 6.86. The molecular weight excluding hydrogens is 321 g/mol. The molecule has 0 fully saturated rings. The Morgan fingerprint density at radius 2 is 2.20 bits per heavy atom. The molecule has 1 aromatic heterocycles. The van der Waals surface area contributed by atoms with Gasteiger partial charge in [-0.25, -0.2) is 9.37 Å². The molecule has 1 heterocycles. The molecule has 1 N–H and O–H groups in total. The average molecular weight is 340 g/mol. The maximum absolute atomic E-state index is 13.6. The van der Waals surface area contributed by atoms with Gasteiger partial charge in [-0.15, -0.1) is 0 Å². The molecule has 0 aliphatic carbocycles. The quantitative estimate of drug-likeness (QED) is 0.865. The zero-order chi connectivity index (χ0) is 14.5. The first-order chi connectivity index (χ1) is 9.67. The van der Waals surface area contributed by atoms with Crippen molar-refractivity contribution in [1.29, 1.82) is 0 Å². The molecular formula is C15H19BrFN3. The summed E-state index contributed by atoms with van der Waals surface area (Å²) in [7, 11) is 0. The summed E-state index contributed by atoms with van der Waals surface area (Å²) in [5, 5.41) is 3.45. The Balaban J connectivity index is 2.44. The van der Waals surface area contributed by atoms with E-state index in [1.807, 2.05) is 6.20 Å². The smallest absolute Gasteiger partial charge is 0.130 e. The lowest BCUT2D eigenvalue weighted by Crippen LogP contribution is -2.26. The third-order valence-electron chi connectivity index (χ3n) is 3.21. The molecule has 0 aliphatic heterocycles. The van der Waals surface area contributed by atoms with Crippen molar-refractivity contribution >= 4 is 15.9 Å². The van der Waals surface area contributed by atoms with E-state index in [9.17, 15) is 4.39 Å². The highest BCUT2D eigenvalue weighted by atomic mass is 79.9. The number of aryl methyl sites for hydroxylation is 1. The first kappa shape index (κ1) is 15.2. The minimum absolute atomic E-state index is 0.116. The second-order valence-electron chi connectivity index (χ2n) is 4.62. The van der Waals surface area contributed by atoms with E-state index < -0.39 is 0 Å². The van der Waals surface area contributed by atoms with Crippen LogP contribution in [0, 0.1) is 5.82 Å². The second-order valence-corrected chi connectivity index (χ2v) is 5.48. The van der Waals surface area contributed by atoms with E-state index >= 15 is 0 Å². The van der Waals surface area contributed by atoms with E-state index in [0.717, 1.165) is 35.4 Å². The van der Waals surface area contributed by atoms with Crippen molar-refractivity contribution in [2.75, 3.05) is 6.54 Å². The van der Waals surface area contributed by atoms with Crippen molar-refractivity contribution in [3.8, 4) is 0 Å². The van der Waals surface area contributed by atoms with Crippen molar-refractivity contribution in [3.63, 3.8) is 0 Å². The highest BCUT2D eigenvalue weighted by Gasteiger charge is 2.21. The number of halogens is 2. The molecule has 0 radical (unpaired) electrons. The lowest BCUT2D eigenvalue weighted by molar-refractivity contribution is 0.535. The number of aromatic nitrogens is 2. The van der Waals surface area contributed by atoms with Crippen LogP contribution in [0.15, 0.2) is 35.1 Å². The molecule has 2 aromatic rings. The monoisotopic (exact) mass is 339 g/mol. The van der Waals surface area contributed by atoms with E-state index in [-0.39, 0.29) is 11.9 Å². The Kier molecular flexibility index (Phi) is 5.31. The molecule has 5 heteroatoms. The van der Waals surface area contributed by atoms with Crippen LogP contribution in [-0.2, 0) is 6.54 Å². The molecule has 0 bridgehead atoms. The number of hydrogen-bond donors (Lipinski definition) is 1. The molecule has 0 spiro atoms. The van der Waals surface area contributed by atoms with Crippen LogP contribution in [0.1, 0.15) is 37.7 Å². The van der Waals surface area contributed by atoms with E-state index in [2.05, 4.69) is 44.6 Å². The molecule has 1 unspecified atom stereocenters. The number of nitrogens with one attached hydrogen (secondary N) is 1. The second kappa shape index (κ2) is 6.99. The fraction of sp³-hybridized carbons (Fsp3) is 0.400. The van der Waals surface area contributed by atoms with Crippen LogP contribution < -0.4 is 5.32 Å². The molecule has 3 nitrogen and oxygen atoms in total. The lowest BCUT2D eigenvalue weighted by Gasteiger charge is -2.21. The van der Waals surface area contributed by atoms with Crippen LogP contribution in [0.2, 0.25) is 0 Å². The van der Waals surface area contributed by atoms with Gasteiger partial charge in [0.25, 0.3) is 0 Å². The Labute approximate surface area is 127 Å². The molecule has 20 heavy (non-hydrogen) atoms. The predicted octanol–water partition coefficient (Wildman–Crippen LogP) is 3.89. The molecule has 0 saturated heterocycles. The third kappa shape index (κ3) is 3.27. The van der Waals surface area contributed by atoms with Crippen molar-refractivity contribution in [3.05, 3.63) is 52.3 Å². The zero-order valence-corrected chi connectivity index (χ0v) is 13.3. The zero-order valence-electron chi connectivity index (χ0n) is 11.7. The van der Waals surface area contributed by atoms with Gasteiger partial charge in [-0.05, 0) is 43.7 Å². The van der Waals surface area contributed by atoms with Crippen LogP contribution in [0.5, 0.6) is 0 Å². The summed E-state index contributed by atoms with van der Waals surface area (Å²) in [5.74, 6) is 0.674. The topological polar surface area (TPSA) is 29.9 Å². The molecule has 2 rings (SSSR count). The Hall–Kier alpha value is -1.20. The van der Waals surface area contributed by atoms with Gasteiger partial charge in [0, 0.05) is 23.4 Å². The SMILES string of the molecule is CCCNC(c1cc(F)ccc1Br)c1nccn1CC. The maximum Gasteiger partial charge on any atom is 0.130 e. The van der Waals surface area contributed by atoms with E-state index in [1.54, 1.807) is 18.3 Å². The molecule has 1 atom stereocenters. The third-order valence-corrected chi connectivity index (χ3v) is 3.94. The molecule has 0 saturated carbocycles. The van der Waals surface area contributed by atoms with Gasteiger partial charge < -0.3 is 9.88 Å². The predicted molar refractivity (Wildman–Crippen MR) is 82.1 cm³/mol. The van der Waals surface area contributed by atoms with E-state index in [1.165, 1.54) is 6.07 Å². The summed E-state index contributed by atoms with van der Waals surface area (Å²) in [5.41, 5.74) is 0.874. The normalized spacial score (nSPS) is 12.6. The van der Waals surface area contributed by atoms with Crippen molar-refractivity contribution in [1.82, 2.24) is 14.9 Å². The summed E-state index contributed by atoms with van der Waals surface area (Å²) < 4.78 is 16.5. The van der Waals surface area contributed by atoms with Gasteiger partial charge in [0.05, 0.1) is 6.04 Å². The highest BCUT2D eigenvalue weighted by molar-refractivity contribution is 9.10. The largest absolute Gasteiger partial charge is 0.334 e. The summed E-state index contributed by atoms with van der Waals surface area (Å²) in [6, 6.07) is 4.64. The standard InChI is InChI=1S/C15H19BrFN3/c1-3-7-18-14(15-19-8-9-20(15)4-2)12-10-11(17)5-6-13(12)16/h5-6,8-10,14,18H,3-4,7H2,1-2H3. The van der Waals surface area contributed by atoms with Crippen LogP contribution in [-0.4, -0.2) is 16.1 Å². The van der Waals surface area contributed by atoms with Crippen LogP contribution in [0.4, 0.5) is 4.39 Å². The van der Waals surface area contributed by atoms with Gasteiger partial charge in [0.1, 0.15) is 11.6 Å². The van der Waals surface area contributed by atoms with Gasteiger partial charge in [-0.1, -0.05) is 22.9 Å². The minimum atomic E-state index is -0.235. The van der Waals surface area contributed by atoms with E-state index in [0.29, 0.717) is 0 Å². The maximum atomic E-state index is 13.6. The average Bonchev–Trinajstić information content (AvgIpc) is 2.91. The Bertz CT molecular complexity index is 568. The Morgan fingerprint density at radius 1 is 1.40 bits per heavy atom. The minimum Gasteiger partial charge on any atom is -0.334 e. The van der Waals surface area contributed by atoms with Gasteiger partial charge >= 0.3 is 0 Å². The Morgan fingerprint density at radius 3 is 2.90 bits per heavy atom. The van der Waals surface area contributed by atoms with Crippen LogP contribution >= 0.6 is 15.9 Å². The highest BCUT2D eigenvalue weighted by Crippen LogP contribution is 2.28. The fourth-order valence-electron chi connectivity index (χ4n) is 2.21. The van der Waals surface area contributed by atoms with Crippen molar-refractivity contribution in [2.45, 2.75) is 32.9 Å². The number of nitrogens with zero attached hydrogens (tertiary/aromatic N) is 2. The van der Waals surface area contributed by atoms with Gasteiger partial charge in [0.15, 0.2) is 0 Å². The number of imidazole rings is 1. The molecule has 0 amide bonds. The molecule has 0 aliphatic rings. The summed E-state index contributed by atoms with van der Waals surface area (Å²) in [6.45, 7) is 5.87. The molecule has 1 aromatic carbocycles. The number of rotatable bonds is 6. The van der Waals surface area contributed by atoms with E-state index in [4.69, 9.17) is 0 Å². The summed E-state index contributed by atoms with van der Waals surface area (Å²) in [6.07, 6.45) is 4.74. The molecule has 108 valence electrons. The van der Waals surface area contributed by atoms with Gasteiger partial charge in [-0.3, -0.25) is 0 Å². The van der Waals surface area contributed by atoms with Crippen LogP contribution in [0.25, 0.3) is 0 Å². The van der Waals surface area contributed by atoms with Crippen molar-refractivity contribution < 1.29 is 4.39 Å². The fourth-order valence-corrected chi connectivity index (χ4v) is 2.69. The summed E-state index contributed by atoms with van der Waals surface area (Å²) >= 11 is 3.51. The lowest BCUT2D eigenvalue weighted by atomic mass is 10.1. The van der Waals surface area contributed by atoms with Crippen LogP contribution in [0.3, 0.4) is 0 Å². The van der Waals surface area contributed by atoms with Gasteiger partial charge in [-0.2, -0.15) is 0 Å². The first-order valence-corrected chi connectivity index (χ1v) is 7.66. The number of hydrogen-bond acceptors (Lipinski definition) is 2. The summed E-state index contributed by atoms with van der Waals surface area (Å²) in [4.78, 5) is 4.44.